The minimum atomic E-state index is -0.0296. The van der Waals surface area contributed by atoms with Crippen LogP contribution in [0.5, 0.6) is 0 Å². The lowest BCUT2D eigenvalue weighted by atomic mass is 10.1. The average Bonchev–Trinajstić information content (AvgIpc) is 2.28. The number of halogens is 1. The first-order valence-corrected chi connectivity index (χ1v) is 6.36. The first-order chi connectivity index (χ1) is 8.47. The van der Waals surface area contributed by atoms with Gasteiger partial charge in [-0.05, 0) is 38.5 Å². The van der Waals surface area contributed by atoms with Gasteiger partial charge < -0.3 is 15.7 Å². The van der Waals surface area contributed by atoms with E-state index in [1.807, 2.05) is 12.1 Å². The quantitative estimate of drug-likeness (QED) is 0.548. The smallest absolute Gasteiger partial charge is 0.124 e. The van der Waals surface area contributed by atoms with Crippen LogP contribution >= 0.6 is 11.6 Å². The first-order valence-electron chi connectivity index (χ1n) is 5.98. The lowest BCUT2D eigenvalue weighted by Crippen LogP contribution is -2.32. The lowest BCUT2D eigenvalue weighted by molar-refractivity contribution is 0.288. The fraction of sp³-hybridized carbons (Fsp3) is 0.462. The standard InChI is InChI=1S/C13H20ClN3O/c1-9(2)17(6-3-7-18)10-4-5-11(13(15)16)12(14)8-10/h4-5,8-9,18H,3,6-7H2,1-2H3,(H3,15,16). The zero-order chi connectivity index (χ0) is 13.7. The van der Waals surface area contributed by atoms with Gasteiger partial charge in [-0.25, -0.2) is 0 Å². The van der Waals surface area contributed by atoms with Gasteiger partial charge in [0.1, 0.15) is 5.84 Å². The maximum Gasteiger partial charge on any atom is 0.124 e. The lowest BCUT2D eigenvalue weighted by Gasteiger charge is -2.29. The second kappa shape index (κ2) is 6.61. The second-order valence-electron chi connectivity index (χ2n) is 4.44. The molecule has 0 atom stereocenters. The van der Waals surface area contributed by atoms with E-state index in [2.05, 4.69) is 18.7 Å². The number of rotatable bonds is 6. The van der Waals surface area contributed by atoms with Crippen LogP contribution in [-0.2, 0) is 0 Å². The van der Waals surface area contributed by atoms with Crippen molar-refractivity contribution in [3.63, 3.8) is 0 Å². The van der Waals surface area contributed by atoms with Crippen LogP contribution in [0.3, 0.4) is 0 Å². The molecule has 0 amide bonds. The topological polar surface area (TPSA) is 73.3 Å². The van der Waals surface area contributed by atoms with Crippen molar-refractivity contribution in [3.05, 3.63) is 28.8 Å². The van der Waals surface area contributed by atoms with Gasteiger partial charge in [-0.3, -0.25) is 5.41 Å². The molecule has 0 bridgehead atoms. The van der Waals surface area contributed by atoms with E-state index in [1.54, 1.807) is 6.07 Å². The van der Waals surface area contributed by atoms with E-state index >= 15 is 0 Å². The molecule has 1 aromatic carbocycles. The molecule has 4 nitrogen and oxygen atoms in total. The highest BCUT2D eigenvalue weighted by Crippen LogP contribution is 2.25. The first kappa shape index (κ1) is 14.8. The van der Waals surface area contributed by atoms with E-state index in [1.165, 1.54) is 0 Å². The summed E-state index contributed by atoms with van der Waals surface area (Å²) in [6, 6.07) is 5.79. The van der Waals surface area contributed by atoms with Gasteiger partial charge in [0.25, 0.3) is 0 Å². The van der Waals surface area contributed by atoms with E-state index < -0.39 is 0 Å². The van der Waals surface area contributed by atoms with Gasteiger partial charge in [0.2, 0.25) is 0 Å². The molecule has 0 aliphatic heterocycles. The molecule has 18 heavy (non-hydrogen) atoms. The normalized spacial score (nSPS) is 10.7. The summed E-state index contributed by atoms with van der Waals surface area (Å²) in [5, 5.41) is 16.8. The summed E-state index contributed by atoms with van der Waals surface area (Å²) in [6.45, 7) is 5.11. The third-order valence-electron chi connectivity index (χ3n) is 2.75. The number of amidine groups is 1. The maximum absolute atomic E-state index is 8.92. The maximum atomic E-state index is 8.92. The van der Waals surface area contributed by atoms with E-state index in [-0.39, 0.29) is 12.4 Å². The Morgan fingerprint density at radius 1 is 1.50 bits per heavy atom. The summed E-state index contributed by atoms with van der Waals surface area (Å²) >= 11 is 6.11. The van der Waals surface area contributed by atoms with Crippen LogP contribution in [0.25, 0.3) is 0 Å². The molecule has 0 aromatic heterocycles. The Hall–Kier alpha value is -1.26. The van der Waals surface area contributed by atoms with Crippen molar-refractivity contribution >= 4 is 23.1 Å². The van der Waals surface area contributed by atoms with Crippen molar-refractivity contribution in [3.8, 4) is 0 Å². The van der Waals surface area contributed by atoms with Crippen molar-refractivity contribution in [1.29, 1.82) is 5.41 Å². The molecule has 0 spiro atoms. The van der Waals surface area contributed by atoms with E-state index in [0.717, 1.165) is 12.2 Å². The number of nitrogen functional groups attached to an aromatic ring is 1. The van der Waals surface area contributed by atoms with Crippen molar-refractivity contribution in [1.82, 2.24) is 0 Å². The zero-order valence-electron chi connectivity index (χ0n) is 10.8. The fourth-order valence-corrected chi connectivity index (χ4v) is 2.10. The molecule has 5 heteroatoms. The number of hydrogen-bond donors (Lipinski definition) is 3. The molecular weight excluding hydrogens is 250 g/mol. The monoisotopic (exact) mass is 269 g/mol. The highest BCUT2D eigenvalue weighted by molar-refractivity contribution is 6.34. The number of hydrogen-bond acceptors (Lipinski definition) is 3. The number of aliphatic hydroxyl groups excluding tert-OH is 1. The summed E-state index contributed by atoms with van der Waals surface area (Å²) < 4.78 is 0. The molecule has 0 saturated heterocycles. The number of nitrogens with one attached hydrogen (secondary N) is 1. The molecule has 1 rings (SSSR count). The Morgan fingerprint density at radius 2 is 2.17 bits per heavy atom. The molecule has 0 fully saturated rings. The summed E-state index contributed by atoms with van der Waals surface area (Å²) in [5.74, 6) is -0.0296. The molecule has 0 heterocycles. The third-order valence-corrected chi connectivity index (χ3v) is 3.07. The molecule has 0 aliphatic rings. The van der Waals surface area contributed by atoms with Crippen LogP contribution in [0.15, 0.2) is 18.2 Å². The minimum Gasteiger partial charge on any atom is -0.396 e. The van der Waals surface area contributed by atoms with Gasteiger partial charge in [-0.1, -0.05) is 11.6 Å². The molecule has 4 N–H and O–H groups in total. The zero-order valence-corrected chi connectivity index (χ0v) is 11.5. The minimum absolute atomic E-state index is 0.0296. The number of aliphatic hydroxyl groups is 1. The van der Waals surface area contributed by atoms with Crippen LogP contribution < -0.4 is 10.6 Å². The van der Waals surface area contributed by atoms with Crippen LogP contribution in [0.2, 0.25) is 5.02 Å². The highest BCUT2D eigenvalue weighted by Gasteiger charge is 2.12. The Kier molecular flexibility index (Phi) is 5.44. The van der Waals surface area contributed by atoms with Gasteiger partial charge in [0, 0.05) is 30.4 Å². The summed E-state index contributed by atoms with van der Waals surface area (Å²) in [6.07, 6.45) is 0.713. The van der Waals surface area contributed by atoms with Crippen LogP contribution in [-0.4, -0.2) is 30.1 Å². The summed E-state index contributed by atoms with van der Waals surface area (Å²) in [7, 11) is 0. The van der Waals surface area contributed by atoms with E-state index in [9.17, 15) is 0 Å². The molecule has 0 saturated carbocycles. The Morgan fingerprint density at radius 3 is 2.61 bits per heavy atom. The van der Waals surface area contributed by atoms with Crippen molar-refractivity contribution in [2.75, 3.05) is 18.1 Å². The molecule has 100 valence electrons. The van der Waals surface area contributed by atoms with Gasteiger partial charge in [-0.15, -0.1) is 0 Å². The number of nitrogens with two attached hydrogens (primary N) is 1. The fourth-order valence-electron chi connectivity index (χ4n) is 1.83. The second-order valence-corrected chi connectivity index (χ2v) is 4.85. The Balaban J connectivity index is 2.99. The van der Waals surface area contributed by atoms with E-state index in [0.29, 0.717) is 23.0 Å². The van der Waals surface area contributed by atoms with Crippen LogP contribution in [0.1, 0.15) is 25.8 Å². The SMILES string of the molecule is CC(C)N(CCCO)c1ccc(C(=N)N)c(Cl)c1. The molecular formula is C13H20ClN3O. The summed E-state index contributed by atoms with van der Waals surface area (Å²) in [5.41, 5.74) is 6.96. The van der Waals surface area contributed by atoms with Gasteiger partial charge in [0.15, 0.2) is 0 Å². The Bertz CT molecular complexity index is 421. The van der Waals surface area contributed by atoms with Crippen LogP contribution in [0, 0.1) is 5.41 Å². The number of benzene rings is 1. The molecule has 0 radical (unpaired) electrons. The van der Waals surface area contributed by atoms with Gasteiger partial charge in [0.05, 0.1) is 5.02 Å². The molecule has 0 aliphatic carbocycles. The predicted octanol–water partition coefficient (Wildman–Crippen LogP) is 2.22. The number of nitrogens with zero attached hydrogens (tertiary/aromatic N) is 1. The third kappa shape index (κ3) is 3.62. The summed E-state index contributed by atoms with van der Waals surface area (Å²) in [4.78, 5) is 2.16. The van der Waals surface area contributed by atoms with Crippen molar-refractivity contribution < 1.29 is 5.11 Å². The van der Waals surface area contributed by atoms with Gasteiger partial charge in [-0.2, -0.15) is 0 Å². The highest BCUT2D eigenvalue weighted by atomic mass is 35.5. The van der Waals surface area contributed by atoms with Crippen molar-refractivity contribution in [2.45, 2.75) is 26.3 Å². The van der Waals surface area contributed by atoms with Crippen molar-refractivity contribution in [2.24, 2.45) is 5.73 Å². The predicted molar refractivity (Wildman–Crippen MR) is 76.7 cm³/mol. The largest absolute Gasteiger partial charge is 0.396 e. The molecule has 0 unspecified atom stereocenters. The Labute approximate surface area is 113 Å². The van der Waals surface area contributed by atoms with Gasteiger partial charge >= 0.3 is 0 Å². The van der Waals surface area contributed by atoms with E-state index in [4.69, 9.17) is 27.9 Å². The number of anilines is 1. The van der Waals surface area contributed by atoms with Crippen LogP contribution in [0.4, 0.5) is 5.69 Å². The average molecular weight is 270 g/mol. The molecule has 1 aromatic rings.